The lowest BCUT2D eigenvalue weighted by Gasteiger charge is -2.45. The van der Waals surface area contributed by atoms with Gasteiger partial charge < -0.3 is 24.3 Å². The van der Waals surface area contributed by atoms with Crippen LogP contribution in [0.2, 0.25) is 0 Å². The average molecular weight is 439 g/mol. The topological polar surface area (TPSA) is 117 Å². The molecule has 5 atom stereocenters. The van der Waals surface area contributed by atoms with Gasteiger partial charge in [-0.1, -0.05) is 30.0 Å². The number of ether oxygens (including phenoxy) is 4. The van der Waals surface area contributed by atoms with Crippen LogP contribution in [-0.4, -0.2) is 60.2 Å². The van der Waals surface area contributed by atoms with E-state index in [0.717, 1.165) is 4.90 Å². The number of benzene rings is 1. The van der Waals surface area contributed by atoms with Gasteiger partial charge in [-0.05, 0) is 12.1 Å². The Morgan fingerprint density at radius 2 is 1.53 bits per heavy atom. The van der Waals surface area contributed by atoms with Crippen LogP contribution in [-0.2, 0) is 38.1 Å². The Morgan fingerprint density at radius 1 is 0.933 bits per heavy atom. The second-order valence-electron chi connectivity index (χ2n) is 6.65. The summed E-state index contributed by atoms with van der Waals surface area (Å²) in [5.41, 5.74) is -0.715. The predicted molar refractivity (Wildman–Crippen MR) is 106 cm³/mol. The maximum absolute atomic E-state index is 11.9. The summed E-state index contributed by atoms with van der Waals surface area (Å²) >= 11 is 1.30. The van der Waals surface area contributed by atoms with Crippen LogP contribution in [0.1, 0.15) is 27.7 Å². The summed E-state index contributed by atoms with van der Waals surface area (Å²) in [7, 11) is 0. The Hall–Kier alpha value is -2.59. The second-order valence-corrected chi connectivity index (χ2v) is 7.82. The van der Waals surface area contributed by atoms with E-state index in [1.165, 1.54) is 39.5 Å². The second kappa shape index (κ2) is 11.0. The first-order chi connectivity index (χ1) is 14.2. The normalized spacial score (nSPS) is 25.7. The molecule has 1 aromatic carbocycles. The Balaban J connectivity index is 2.42. The van der Waals surface area contributed by atoms with E-state index in [2.05, 4.69) is 5.32 Å². The third-order valence-corrected chi connectivity index (χ3v) is 5.25. The van der Waals surface area contributed by atoms with E-state index in [9.17, 15) is 19.2 Å². The third-order valence-electron chi connectivity index (χ3n) is 4.07. The monoisotopic (exact) mass is 439 g/mol. The van der Waals surface area contributed by atoms with Gasteiger partial charge in [0.25, 0.3) is 0 Å². The Labute approximate surface area is 178 Å². The zero-order valence-electron chi connectivity index (χ0n) is 17.2. The molecule has 0 bridgehead atoms. The van der Waals surface area contributed by atoms with Gasteiger partial charge in [-0.15, -0.1) is 0 Å². The summed E-state index contributed by atoms with van der Waals surface area (Å²) in [5, 5.41) is 2.74. The van der Waals surface area contributed by atoms with Gasteiger partial charge >= 0.3 is 17.9 Å². The molecule has 0 aromatic heterocycles. The molecule has 0 radical (unpaired) electrons. The van der Waals surface area contributed by atoms with Crippen molar-refractivity contribution in [3.8, 4) is 0 Å². The summed E-state index contributed by atoms with van der Waals surface area (Å²) in [6.45, 7) is 4.76. The SMILES string of the molecule is CC(=O)N[C@H]1[C@H](OC(C)=O)[C@H](OC(C)=O)[C@H](COC(C)=O)O[C@@H]1Sc1ccccc1. The van der Waals surface area contributed by atoms with Crippen LogP contribution in [0.4, 0.5) is 0 Å². The highest BCUT2D eigenvalue weighted by atomic mass is 32.2. The summed E-state index contributed by atoms with van der Waals surface area (Å²) in [6, 6.07) is 8.45. The molecule has 0 aliphatic carbocycles. The molecular weight excluding hydrogens is 414 g/mol. The number of hydrogen-bond donors (Lipinski definition) is 1. The number of hydrogen-bond acceptors (Lipinski definition) is 9. The molecule has 1 N–H and O–H groups in total. The molecule has 164 valence electrons. The van der Waals surface area contributed by atoms with Crippen LogP contribution in [0, 0.1) is 0 Å². The molecule has 30 heavy (non-hydrogen) atoms. The van der Waals surface area contributed by atoms with Crippen LogP contribution < -0.4 is 5.32 Å². The van der Waals surface area contributed by atoms with Crippen LogP contribution in [0.15, 0.2) is 35.2 Å². The van der Waals surface area contributed by atoms with Crippen molar-refractivity contribution in [2.24, 2.45) is 0 Å². The minimum absolute atomic E-state index is 0.219. The van der Waals surface area contributed by atoms with Crippen molar-refractivity contribution in [3.05, 3.63) is 30.3 Å². The molecule has 1 aliphatic rings. The Kier molecular flexibility index (Phi) is 8.67. The van der Waals surface area contributed by atoms with Gasteiger partial charge in [0.2, 0.25) is 5.91 Å². The lowest BCUT2D eigenvalue weighted by Crippen LogP contribution is -2.65. The van der Waals surface area contributed by atoms with E-state index in [4.69, 9.17) is 18.9 Å². The van der Waals surface area contributed by atoms with Crippen LogP contribution in [0.5, 0.6) is 0 Å². The molecule has 1 heterocycles. The molecular formula is C20H25NO8S. The summed E-state index contributed by atoms with van der Waals surface area (Å²) < 4.78 is 22.0. The first kappa shape index (κ1) is 23.7. The molecule has 1 amide bonds. The molecule has 1 fully saturated rings. The van der Waals surface area contributed by atoms with Crippen LogP contribution in [0.3, 0.4) is 0 Å². The van der Waals surface area contributed by atoms with Crippen molar-refractivity contribution in [3.63, 3.8) is 0 Å². The maximum Gasteiger partial charge on any atom is 0.303 e. The van der Waals surface area contributed by atoms with Gasteiger partial charge in [0.05, 0.1) is 0 Å². The van der Waals surface area contributed by atoms with Gasteiger partial charge in [-0.3, -0.25) is 19.2 Å². The fourth-order valence-corrected chi connectivity index (χ4v) is 4.17. The van der Waals surface area contributed by atoms with E-state index in [1.54, 1.807) is 0 Å². The summed E-state index contributed by atoms with van der Waals surface area (Å²) in [4.78, 5) is 47.6. The van der Waals surface area contributed by atoms with Crippen molar-refractivity contribution < 1.29 is 38.1 Å². The number of thioether (sulfide) groups is 1. The van der Waals surface area contributed by atoms with E-state index >= 15 is 0 Å². The first-order valence-corrected chi connectivity index (χ1v) is 10.2. The zero-order chi connectivity index (χ0) is 22.3. The van der Waals surface area contributed by atoms with Crippen molar-refractivity contribution in [2.75, 3.05) is 6.61 Å². The van der Waals surface area contributed by atoms with E-state index in [1.807, 2.05) is 30.3 Å². The predicted octanol–water partition coefficient (Wildman–Crippen LogP) is 1.43. The van der Waals surface area contributed by atoms with Gasteiger partial charge in [0, 0.05) is 32.6 Å². The number of carbonyl (C=O) groups is 4. The van der Waals surface area contributed by atoms with Crippen molar-refractivity contribution in [1.82, 2.24) is 5.32 Å². The lowest BCUT2D eigenvalue weighted by molar-refractivity contribution is -0.211. The Morgan fingerprint density at radius 3 is 2.07 bits per heavy atom. The number of esters is 3. The first-order valence-electron chi connectivity index (χ1n) is 9.29. The van der Waals surface area contributed by atoms with Crippen molar-refractivity contribution in [1.29, 1.82) is 0 Å². The smallest absolute Gasteiger partial charge is 0.303 e. The standard InChI is InChI=1S/C20H25NO8S/c1-11(22)21-17-19(28-14(4)25)18(27-13(3)24)16(10-26-12(2)23)29-20(17)30-15-8-6-5-7-9-15/h5-9,16-20H,10H2,1-4H3,(H,21,22)/t16-,17-,18+,19-,20+/m0/s1. The number of amides is 1. The van der Waals surface area contributed by atoms with Gasteiger partial charge in [0.1, 0.15) is 24.2 Å². The fourth-order valence-electron chi connectivity index (χ4n) is 3.02. The fraction of sp³-hybridized carbons (Fsp3) is 0.500. The molecule has 0 unspecified atom stereocenters. The minimum Gasteiger partial charge on any atom is -0.463 e. The molecule has 1 aliphatic heterocycles. The quantitative estimate of drug-likeness (QED) is 0.497. The highest BCUT2D eigenvalue weighted by Crippen LogP contribution is 2.36. The molecule has 2 rings (SSSR count). The highest BCUT2D eigenvalue weighted by molar-refractivity contribution is 7.99. The summed E-state index contributed by atoms with van der Waals surface area (Å²) in [5.74, 6) is -2.17. The molecule has 9 nitrogen and oxygen atoms in total. The van der Waals surface area contributed by atoms with Crippen molar-refractivity contribution in [2.45, 2.75) is 62.4 Å². The number of nitrogens with one attached hydrogen (secondary N) is 1. The van der Waals surface area contributed by atoms with E-state index < -0.39 is 47.7 Å². The lowest BCUT2D eigenvalue weighted by atomic mass is 9.97. The molecule has 10 heteroatoms. The van der Waals surface area contributed by atoms with Crippen LogP contribution in [0.25, 0.3) is 0 Å². The van der Waals surface area contributed by atoms with Gasteiger partial charge in [0.15, 0.2) is 12.2 Å². The molecule has 0 spiro atoms. The molecule has 1 saturated heterocycles. The number of rotatable bonds is 7. The molecule has 1 aromatic rings. The minimum atomic E-state index is -1.09. The van der Waals surface area contributed by atoms with E-state index in [0.29, 0.717) is 0 Å². The highest BCUT2D eigenvalue weighted by Gasteiger charge is 2.51. The van der Waals surface area contributed by atoms with Gasteiger partial charge in [-0.2, -0.15) is 0 Å². The number of carbonyl (C=O) groups excluding carboxylic acids is 4. The average Bonchev–Trinajstić information content (AvgIpc) is 2.64. The third kappa shape index (κ3) is 7.03. The zero-order valence-corrected chi connectivity index (χ0v) is 18.0. The Bertz CT molecular complexity index is 771. The largest absolute Gasteiger partial charge is 0.463 e. The van der Waals surface area contributed by atoms with E-state index in [-0.39, 0.29) is 12.5 Å². The van der Waals surface area contributed by atoms with Crippen LogP contribution >= 0.6 is 11.8 Å². The maximum atomic E-state index is 11.9. The molecule has 0 saturated carbocycles. The summed E-state index contributed by atoms with van der Waals surface area (Å²) in [6.07, 6.45) is -3.05. The van der Waals surface area contributed by atoms with Gasteiger partial charge in [-0.25, -0.2) is 0 Å². The van der Waals surface area contributed by atoms with Crippen molar-refractivity contribution >= 4 is 35.6 Å².